The Morgan fingerprint density at radius 3 is 2.48 bits per heavy atom. The molecule has 3 aromatic rings. The average molecular weight is 544 g/mol. The Balaban J connectivity index is 1.17. The van der Waals surface area contributed by atoms with E-state index in [1.54, 1.807) is 42.4 Å². The molecule has 10 heteroatoms. The lowest BCUT2D eigenvalue weighted by molar-refractivity contribution is 0.0754. The summed E-state index contributed by atoms with van der Waals surface area (Å²) in [6.45, 7) is 5.48. The minimum Gasteiger partial charge on any atom is -0.342 e. The molecule has 6 rings (SSSR count). The van der Waals surface area contributed by atoms with Gasteiger partial charge in [-0.15, -0.1) is 0 Å². The van der Waals surface area contributed by atoms with Crippen LogP contribution in [-0.2, 0) is 0 Å². The third-order valence-corrected chi connectivity index (χ3v) is 8.37. The van der Waals surface area contributed by atoms with Crippen molar-refractivity contribution in [3.05, 3.63) is 71.7 Å². The Morgan fingerprint density at radius 2 is 1.70 bits per heavy atom. The molecule has 9 nitrogen and oxygen atoms in total. The van der Waals surface area contributed by atoms with E-state index in [2.05, 4.69) is 27.1 Å². The first-order chi connectivity index (χ1) is 19.3. The molecule has 1 aromatic heterocycles. The van der Waals surface area contributed by atoms with Crippen molar-refractivity contribution >= 4 is 40.4 Å². The maximum atomic E-state index is 15.2. The molecule has 208 valence electrons. The number of carbonyl (C=O) groups is 2. The van der Waals surface area contributed by atoms with Crippen molar-refractivity contribution in [1.29, 1.82) is 0 Å². The van der Waals surface area contributed by atoms with Crippen LogP contribution < -0.4 is 15.1 Å². The Bertz CT molecular complexity index is 1460. The molecule has 3 aliphatic heterocycles. The molecule has 0 bridgehead atoms. The second-order valence-electron chi connectivity index (χ2n) is 10.9. The number of hydrogen-bond acceptors (Lipinski definition) is 7. The van der Waals surface area contributed by atoms with Crippen LogP contribution in [-0.4, -0.2) is 98.0 Å². The monoisotopic (exact) mass is 543 g/mol. The van der Waals surface area contributed by atoms with Gasteiger partial charge in [0.15, 0.2) is 0 Å². The molecule has 1 N–H and O–H groups in total. The van der Waals surface area contributed by atoms with Crippen LogP contribution in [0.3, 0.4) is 0 Å². The van der Waals surface area contributed by atoms with Gasteiger partial charge < -0.3 is 24.9 Å². The van der Waals surface area contributed by atoms with E-state index >= 15 is 4.39 Å². The van der Waals surface area contributed by atoms with Gasteiger partial charge in [0, 0.05) is 71.0 Å². The van der Waals surface area contributed by atoms with Gasteiger partial charge in [-0.3, -0.25) is 14.5 Å². The van der Waals surface area contributed by atoms with Gasteiger partial charge in [0.25, 0.3) is 11.8 Å². The van der Waals surface area contributed by atoms with Gasteiger partial charge in [-0.1, -0.05) is 12.1 Å². The lowest BCUT2D eigenvalue weighted by Crippen LogP contribution is -2.50. The fourth-order valence-electron chi connectivity index (χ4n) is 5.88. The Hall–Kier alpha value is -4.02. The van der Waals surface area contributed by atoms with Crippen LogP contribution in [0.15, 0.2) is 54.7 Å². The molecule has 4 heterocycles. The zero-order valence-corrected chi connectivity index (χ0v) is 23.1. The van der Waals surface area contributed by atoms with E-state index in [0.29, 0.717) is 41.8 Å². The van der Waals surface area contributed by atoms with E-state index in [9.17, 15) is 9.59 Å². The molecule has 0 saturated carbocycles. The van der Waals surface area contributed by atoms with Crippen LogP contribution in [0.4, 0.5) is 33.0 Å². The first-order valence-corrected chi connectivity index (χ1v) is 13.7. The van der Waals surface area contributed by atoms with Gasteiger partial charge >= 0.3 is 0 Å². The number of carbonyl (C=O) groups excluding carboxylic acids is 2. The van der Waals surface area contributed by atoms with Crippen molar-refractivity contribution in [3.63, 3.8) is 0 Å². The summed E-state index contributed by atoms with van der Waals surface area (Å²) in [6.07, 6.45) is 2.55. The number of aromatic nitrogens is 1. The van der Waals surface area contributed by atoms with Crippen LogP contribution in [0.1, 0.15) is 27.1 Å². The van der Waals surface area contributed by atoms with Crippen molar-refractivity contribution in [2.45, 2.75) is 12.5 Å². The summed E-state index contributed by atoms with van der Waals surface area (Å²) in [4.78, 5) is 40.8. The number of amides is 2. The lowest BCUT2D eigenvalue weighted by atomic mass is 10.1. The number of likely N-dealkylation sites (tertiary alicyclic amines) is 1. The number of anilines is 5. The van der Waals surface area contributed by atoms with E-state index in [1.807, 2.05) is 35.0 Å². The molecule has 0 aliphatic carbocycles. The second-order valence-corrected chi connectivity index (χ2v) is 10.9. The maximum absolute atomic E-state index is 15.2. The van der Waals surface area contributed by atoms with Crippen LogP contribution in [0.2, 0.25) is 0 Å². The number of rotatable bonds is 4. The van der Waals surface area contributed by atoms with Gasteiger partial charge in [-0.2, -0.15) is 0 Å². The minimum atomic E-state index is -0.525. The topological polar surface area (TPSA) is 75.3 Å². The molecule has 1 atom stereocenters. The summed E-state index contributed by atoms with van der Waals surface area (Å²) in [5, 5.41) is 3.05. The van der Waals surface area contributed by atoms with Crippen LogP contribution in [0.5, 0.6) is 0 Å². The number of pyridine rings is 1. The summed E-state index contributed by atoms with van der Waals surface area (Å²) in [7, 11) is 5.74. The van der Waals surface area contributed by atoms with E-state index < -0.39 is 5.82 Å². The average Bonchev–Trinajstić information content (AvgIpc) is 3.45. The third kappa shape index (κ3) is 4.77. The van der Waals surface area contributed by atoms with E-state index in [0.717, 1.165) is 44.0 Å². The number of nitrogens with one attached hydrogen (secondary N) is 1. The minimum absolute atomic E-state index is 0.122. The molecular formula is C30H34FN7O2. The summed E-state index contributed by atoms with van der Waals surface area (Å²) >= 11 is 0. The number of hydrogen-bond donors (Lipinski definition) is 1. The summed E-state index contributed by atoms with van der Waals surface area (Å²) < 4.78 is 15.2. The highest BCUT2D eigenvalue weighted by Gasteiger charge is 2.32. The quantitative estimate of drug-likeness (QED) is 0.537. The molecule has 0 radical (unpaired) electrons. The van der Waals surface area contributed by atoms with Gasteiger partial charge in [0.1, 0.15) is 11.6 Å². The van der Waals surface area contributed by atoms with Crippen molar-refractivity contribution in [2.24, 2.45) is 0 Å². The highest BCUT2D eigenvalue weighted by Crippen LogP contribution is 2.40. The van der Waals surface area contributed by atoms with Gasteiger partial charge in [0.05, 0.1) is 34.5 Å². The molecule has 0 unspecified atom stereocenters. The zero-order valence-electron chi connectivity index (χ0n) is 23.1. The van der Waals surface area contributed by atoms with Crippen molar-refractivity contribution in [3.8, 4) is 0 Å². The summed E-state index contributed by atoms with van der Waals surface area (Å²) in [5.74, 6) is -0.358. The molecular weight excluding hydrogens is 509 g/mol. The smallest absolute Gasteiger partial charge is 0.260 e. The highest BCUT2D eigenvalue weighted by molar-refractivity contribution is 6.13. The van der Waals surface area contributed by atoms with Crippen LogP contribution >= 0.6 is 0 Å². The molecule has 2 fully saturated rings. The Labute approximate surface area is 233 Å². The number of nitrogens with zero attached hydrogens (tertiary/aromatic N) is 6. The third-order valence-electron chi connectivity index (χ3n) is 8.37. The molecule has 2 saturated heterocycles. The molecule has 3 aliphatic rings. The zero-order chi connectivity index (χ0) is 28.0. The Kier molecular flexibility index (Phi) is 6.89. The largest absolute Gasteiger partial charge is 0.342 e. The van der Waals surface area contributed by atoms with Crippen LogP contribution in [0, 0.1) is 5.82 Å². The first kappa shape index (κ1) is 26.2. The maximum Gasteiger partial charge on any atom is 0.260 e. The SMILES string of the molecule is CN1CCN([C@@H]2CCN(C(=O)c3ccc(Nc4cc5c(cn4)N(C)C(=O)c4ccccc4N5C)c(F)c3)C2)CC1. The molecule has 40 heavy (non-hydrogen) atoms. The molecule has 2 aromatic carbocycles. The number of benzene rings is 2. The second kappa shape index (κ2) is 10.5. The molecule has 0 spiro atoms. The fourth-order valence-corrected chi connectivity index (χ4v) is 5.88. The Morgan fingerprint density at radius 1 is 0.925 bits per heavy atom. The number of piperazine rings is 1. The van der Waals surface area contributed by atoms with Crippen LogP contribution in [0.25, 0.3) is 0 Å². The van der Waals surface area contributed by atoms with Gasteiger partial charge in [0.2, 0.25) is 0 Å². The predicted molar refractivity (Wildman–Crippen MR) is 155 cm³/mol. The van der Waals surface area contributed by atoms with Crippen molar-refractivity contribution in [2.75, 3.05) is 75.5 Å². The van der Waals surface area contributed by atoms with E-state index in [1.165, 1.54) is 6.07 Å². The van der Waals surface area contributed by atoms with Gasteiger partial charge in [-0.25, -0.2) is 9.37 Å². The van der Waals surface area contributed by atoms with E-state index in [4.69, 9.17) is 0 Å². The number of fused-ring (bicyclic) bond motifs is 2. The molecule has 2 amide bonds. The summed E-state index contributed by atoms with van der Waals surface area (Å²) in [5.41, 5.74) is 3.35. The standard InChI is InChI=1S/C30H34FN7O2/c1-34-12-14-37(15-13-34)21-10-11-38(19-21)29(39)20-8-9-24(23(31)16-20)33-28-17-26-27(18-32-28)36(3)30(40)22-6-4-5-7-25(22)35(26)2/h4-9,16-18,21H,10-15,19H2,1-3H3,(H,32,33)/t21-/m1/s1. The number of halogens is 1. The normalized spacial score (nSPS) is 19.9. The fraction of sp³-hybridized carbons (Fsp3) is 0.367. The predicted octanol–water partition coefficient (Wildman–Crippen LogP) is 3.78. The lowest BCUT2D eigenvalue weighted by Gasteiger charge is -2.36. The van der Waals surface area contributed by atoms with E-state index in [-0.39, 0.29) is 17.5 Å². The number of para-hydroxylation sites is 1. The first-order valence-electron chi connectivity index (χ1n) is 13.7. The van der Waals surface area contributed by atoms with Crippen molar-refractivity contribution < 1.29 is 14.0 Å². The summed E-state index contributed by atoms with van der Waals surface area (Å²) in [6, 6.07) is 14.1. The van der Waals surface area contributed by atoms with Gasteiger partial charge in [-0.05, 0) is 43.8 Å². The van der Waals surface area contributed by atoms with Crippen molar-refractivity contribution in [1.82, 2.24) is 19.7 Å². The number of likely N-dealkylation sites (N-methyl/N-ethyl adjacent to an activating group) is 1. The highest BCUT2D eigenvalue weighted by atomic mass is 19.1.